The number of hydrogen-bond acceptors (Lipinski definition) is 10. The van der Waals surface area contributed by atoms with Gasteiger partial charge < -0.3 is 33.9 Å². The van der Waals surface area contributed by atoms with Crippen LogP contribution < -0.4 is 18.9 Å². The van der Waals surface area contributed by atoms with Crippen LogP contribution in [0.15, 0.2) is 66.7 Å². The summed E-state index contributed by atoms with van der Waals surface area (Å²) in [6.07, 6.45) is -0.610. The first kappa shape index (κ1) is 32.4. The molecule has 0 aliphatic carbocycles. The molecule has 4 aromatic carbocycles. The molecule has 10 nitrogen and oxygen atoms in total. The van der Waals surface area contributed by atoms with Crippen LogP contribution in [-0.2, 0) is 24.4 Å². The third kappa shape index (κ3) is 4.99. The SMILES string of the molecule is COc1c(C)cc2c(c1OCc1ccccc1)[C@@H]1[C@H]3[C@@H](O)c4c(O)c(C)c5c(c4[C@H](COCc4ccccc4)N3[C@@H](C#N)[C@@H](C2)N1C)OCO5. The predicted octanol–water partition coefficient (Wildman–Crippen LogP) is 5.80. The van der Waals surface area contributed by atoms with Gasteiger partial charge in [-0.3, -0.25) is 9.80 Å². The summed E-state index contributed by atoms with van der Waals surface area (Å²) in [5.74, 6) is 2.14. The summed E-state index contributed by atoms with van der Waals surface area (Å²) in [5, 5.41) is 35.4. The topological polar surface area (TPSA) is 117 Å². The lowest BCUT2D eigenvalue weighted by molar-refractivity contribution is -0.132. The minimum absolute atomic E-state index is 0.00646. The summed E-state index contributed by atoms with van der Waals surface area (Å²) in [7, 11) is 3.66. The number of fused-ring (bicyclic) bond motifs is 9. The van der Waals surface area contributed by atoms with Gasteiger partial charge in [0.05, 0.1) is 44.5 Å². The van der Waals surface area contributed by atoms with Crippen molar-refractivity contribution < 1.29 is 33.9 Å². The van der Waals surface area contributed by atoms with E-state index in [1.807, 2.05) is 74.6 Å². The summed E-state index contributed by atoms with van der Waals surface area (Å²) in [6, 6.07) is 22.2. The summed E-state index contributed by atoms with van der Waals surface area (Å²) in [6.45, 7) is 4.63. The van der Waals surface area contributed by atoms with Gasteiger partial charge in [-0.05, 0) is 49.6 Å². The van der Waals surface area contributed by atoms with Gasteiger partial charge >= 0.3 is 0 Å². The maximum Gasteiger partial charge on any atom is 0.231 e. The largest absolute Gasteiger partial charge is 0.507 e. The highest BCUT2D eigenvalue weighted by Crippen LogP contribution is 2.61. The molecule has 4 aromatic rings. The number of benzene rings is 4. The van der Waals surface area contributed by atoms with Gasteiger partial charge in [0.2, 0.25) is 6.79 Å². The van der Waals surface area contributed by atoms with Crippen LogP contribution in [0.5, 0.6) is 28.7 Å². The Bertz CT molecular complexity index is 1960. The number of aromatic hydroxyl groups is 1. The first-order valence-electron chi connectivity index (χ1n) is 17.0. The third-order valence-corrected chi connectivity index (χ3v) is 10.9. The highest BCUT2D eigenvalue weighted by molar-refractivity contribution is 5.67. The molecule has 4 aliphatic rings. The fourth-order valence-corrected chi connectivity index (χ4v) is 8.73. The average molecular weight is 676 g/mol. The van der Waals surface area contributed by atoms with Crippen molar-refractivity contribution in [3.8, 4) is 34.8 Å². The number of aryl methyl sites for hydroxylation is 1. The van der Waals surface area contributed by atoms with E-state index in [0.717, 1.165) is 27.8 Å². The Hall–Kier alpha value is -4.79. The molecule has 0 spiro atoms. The Balaban J connectivity index is 1.30. The number of methoxy groups -OCH3 is 1. The standard InChI is InChI=1S/C40H41N3O7/c1-22-15-26-16-27-28(17-41)43-29(20-47-18-24-11-7-5-8-12-24)31-32(35(44)23(2)38-40(31)50-21-49-38)36(45)34(43)33(42(27)3)30(26)39(37(22)46-4)48-19-25-13-9-6-10-14-25/h5-15,27-29,33-34,36,44-45H,16,18-21H2,1-4H3/t27-,28+,29+,33-,34+,36+/m1/s1. The molecule has 1 saturated heterocycles. The maximum atomic E-state index is 12.6. The van der Waals surface area contributed by atoms with Gasteiger partial charge in [-0.1, -0.05) is 66.7 Å². The minimum Gasteiger partial charge on any atom is -0.507 e. The Morgan fingerprint density at radius 2 is 1.60 bits per heavy atom. The van der Waals surface area contributed by atoms with Crippen molar-refractivity contribution in [2.45, 2.75) is 69.8 Å². The third-order valence-electron chi connectivity index (χ3n) is 10.9. The van der Waals surface area contributed by atoms with E-state index in [1.165, 1.54) is 0 Å². The number of nitriles is 1. The Kier molecular flexibility index (Phi) is 8.32. The molecule has 0 amide bonds. The van der Waals surface area contributed by atoms with Gasteiger partial charge in [0.1, 0.15) is 24.5 Å². The zero-order valence-electron chi connectivity index (χ0n) is 28.6. The van der Waals surface area contributed by atoms with Gasteiger partial charge in [0.25, 0.3) is 0 Å². The van der Waals surface area contributed by atoms with Crippen LogP contribution in [0.3, 0.4) is 0 Å². The molecule has 2 N–H and O–H groups in total. The second-order valence-electron chi connectivity index (χ2n) is 13.6. The van der Waals surface area contributed by atoms with Gasteiger partial charge in [0.15, 0.2) is 23.0 Å². The molecule has 0 unspecified atom stereocenters. The minimum atomic E-state index is -1.20. The lowest BCUT2D eigenvalue weighted by atomic mass is 9.70. The molecule has 10 heteroatoms. The molecule has 258 valence electrons. The van der Waals surface area contributed by atoms with Crippen molar-refractivity contribution >= 4 is 0 Å². The van der Waals surface area contributed by atoms with Crippen LogP contribution >= 0.6 is 0 Å². The zero-order chi connectivity index (χ0) is 34.7. The molecule has 0 radical (unpaired) electrons. The Morgan fingerprint density at radius 1 is 0.920 bits per heavy atom. The number of aliphatic hydroxyl groups excluding tert-OH is 1. The smallest absolute Gasteiger partial charge is 0.231 e. The fraction of sp³-hybridized carbons (Fsp3) is 0.375. The number of hydrogen-bond donors (Lipinski definition) is 2. The highest BCUT2D eigenvalue weighted by Gasteiger charge is 2.59. The number of aliphatic hydroxyl groups is 1. The van der Waals surface area contributed by atoms with Crippen molar-refractivity contribution in [2.24, 2.45) is 0 Å². The number of piperazine rings is 1. The number of ether oxygens (including phenoxy) is 5. The summed E-state index contributed by atoms with van der Waals surface area (Å²) in [4.78, 5) is 4.31. The number of phenolic OH excluding ortho intramolecular Hbond substituents is 1. The molecule has 50 heavy (non-hydrogen) atoms. The molecule has 1 fully saturated rings. The second kappa shape index (κ2) is 12.8. The quantitative estimate of drug-likeness (QED) is 0.237. The van der Waals surface area contributed by atoms with Crippen LogP contribution in [0.1, 0.15) is 62.7 Å². The monoisotopic (exact) mass is 675 g/mol. The van der Waals surface area contributed by atoms with Crippen LogP contribution in [-0.4, -0.2) is 65.7 Å². The lowest BCUT2D eigenvalue weighted by Crippen LogP contribution is -2.69. The Labute approximate surface area is 291 Å². The number of rotatable bonds is 8. The van der Waals surface area contributed by atoms with E-state index in [1.54, 1.807) is 14.0 Å². The van der Waals surface area contributed by atoms with Crippen molar-refractivity contribution in [1.82, 2.24) is 9.80 Å². The first-order valence-corrected chi connectivity index (χ1v) is 17.0. The normalized spacial score (nSPS) is 24.9. The van der Waals surface area contributed by atoms with Gasteiger partial charge in [-0.15, -0.1) is 0 Å². The molecule has 4 aliphatic heterocycles. The van der Waals surface area contributed by atoms with E-state index >= 15 is 0 Å². The number of likely N-dealkylation sites (N-methyl/N-ethyl adjacent to an activating group) is 1. The van der Waals surface area contributed by atoms with E-state index in [2.05, 4.69) is 21.9 Å². The van der Waals surface area contributed by atoms with E-state index in [-0.39, 0.29) is 25.2 Å². The fourth-order valence-electron chi connectivity index (χ4n) is 8.73. The summed E-state index contributed by atoms with van der Waals surface area (Å²) in [5.41, 5.74) is 6.41. The van der Waals surface area contributed by atoms with Crippen LogP contribution in [0.2, 0.25) is 0 Å². The van der Waals surface area contributed by atoms with Crippen molar-refractivity contribution in [3.63, 3.8) is 0 Å². The van der Waals surface area contributed by atoms with Gasteiger partial charge in [0, 0.05) is 28.3 Å². The van der Waals surface area contributed by atoms with E-state index in [9.17, 15) is 15.5 Å². The van der Waals surface area contributed by atoms with E-state index in [4.69, 9.17) is 23.7 Å². The van der Waals surface area contributed by atoms with Crippen LogP contribution in [0.4, 0.5) is 0 Å². The first-order chi connectivity index (χ1) is 24.3. The van der Waals surface area contributed by atoms with Crippen LogP contribution in [0, 0.1) is 25.2 Å². The maximum absolute atomic E-state index is 12.6. The second-order valence-corrected chi connectivity index (χ2v) is 13.6. The lowest BCUT2D eigenvalue weighted by Gasteiger charge is -2.61. The van der Waals surface area contributed by atoms with Crippen LogP contribution in [0.25, 0.3) is 0 Å². The van der Waals surface area contributed by atoms with Crippen molar-refractivity contribution in [3.05, 3.63) is 111 Å². The summed E-state index contributed by atoms with van der Waals surface area (Å²) >= 11 is 0. The van der Waals surface area contributed by atoms with E-state index < -0.39 is 30.3 Å². The highest BCUT2D eigenvalue weighted by atomic mass is 16.7. The number of nitrogens with zero attached hydrogens (tertiary/aromatic N) is 3. The van der Waals surface area contributed by atoms with Gasteiger partial charge in [-0.25, -0.2) is 0 Å². The molecule has 6 atom stereocenters. The van der Waals surface area contributed by atoms with E-state index in [0.29, 0.717) is 59.3 Å². The van der Waals surface area contributed by atoms with Crippen molar-refractivity contribution in [1.29, 1.82) is 5.26 Å². The molecule has 8 rings (SSSR count). The molecule has 2 bridgehead atoms. The number of phenols is 1. The molecular weight excluding hydrogens is 634 g/mol. The predicted molar refractivity (Wildman–Crippen MR) is 184 cm³/mol. The molecule has 4 heterocycles. The van der Waals surface area contributed by atoms with Gasteiger partial charge in [-0.2, -0.15) is 5.26 Å². The Morgan fingerprint density at radius 3 is 2.28 bits per heavy atom. The molecule has 0 aromatic heterocycles. The average Bonchev–Trinajstić information content (AvgIpc) is 3.62. The molecular formula is C40H41N3O7. The van der Waals surface area contributed by atoms with Crippen molar-refractivity contribution in [2.75, 3.05) is 27.6 Å². The zero-order valence-corrected chi connectivity index (χ0v) is 28.6. The summed E-state index contributed by atoms with van der Waals surface area (Å²) < 4.78 is 31.1. The molecule has 0 saturated carbocycles.